The Bertz CT molecular complexity index is 512. The molecule has 1 aromatic rings. The maximum absolute atomic E-state index is 12.2. The SMILES string of the molecule is NNc1ccccc1S(=O)(=O)NCCN1CCCC1. The number of nitrogens with zero attached hydrogens (tertiary/aromatic N) is 1. The first-order valence-corrected chi connectivity index (χ1v) is 7.89. The van der Waals surface area contributed by atoms with Gasteiger partial charge in [-0.1, -0.05) is 12.1 Å². The summed E-state index contributed by atoms with van der Waals surface area (Å²) in [6.45, 7) is 3.28. The van der Waals surface area contributed by atoms with Crippen molar-refractivity contribution >= 4 is 15.7 Å². The molecule has 1 fully saturated rings. The number of nitrogens with two attached hydrogens (primary N) is 1. The Morgan fingerprint density at radius 1 is 1.21 bits per heavy atom. The Morgan fingerprint density at radius 2 is 1.89 bits per heavy atom. The molecule has 0 saturated carbocycles. The number of hydrazine groups is 1. The molecule has 0 aromatic heterocycles. The summed E-state index contributed by atoms with van der Waals surface area (Å²) in [7, 11) is -3.51. The van der Waals surface area contributed by atoms with Gasteiger partial charge in [-0.2, -0.15) is 0 Å². The van der Waals surface area contributed by atoms with E-state index in [1.165, 1.54) is 18.9 Å². The molecule has 19 heavy (non-hydrogen) atoms. The van der Waals surface area contributed by atoms with Crippen molar-refractivity contribution < 1.29 is 8.42 Å². The Kier molecular flexibility index (Phi) is 4.76. The summed E-state index contributed by atoms with van der Waals surface area (Å²) in [6, 6.07) is 6.58. The van der Waals surface area contributed by atoms with Crippen molar-refractivity contribution in [3.05, 3.63) is 24.3 Å². The fourth-order valence-corrected chi connectivity index (χ4v) is 3.43. The molecule has 0 bridgehead atoms. The van der Waals surface area contributed by atoms with Crippen LogP contribution in [-0.4, -0.2) is 39.5 Å². The van der Waals surface area contributed by atoms with E-state index in [9.17, 15) is 8.42 Å². The first-order chi connectivity index (χ1) is 9.13. The molecule has 1 aliphatic rings. The summed E-state index contributed by atoms with van der Waals surface area (Å²) < 4.78 is 26.9. The molecule has 6 nitrogen and oxygen atoms in total. The van der Waals surface area contributed by atoms with Gasteiger partial charge in [0.2, 0.25) is 10.0 Å². The van der Waals surface area contributed by atoms with Gasteiger partial charge in [-0.25, -0.2) is 13.1 Å². The van der Waals surface area contributed by atoms with Gasteiger partial charge in [-0.05, 0) is 38.1 Å². The van der Waals surface area contributed by atoms with E-state index in [1.807, 2.05) is 0 Å². The Balaban J connectivity index is 1.97. The molecule has 0 amide bonds. The van der Waals surface area contributed by atoms with E-state index in [0.717, 1.165) is 19.6 Å². The van der Waals surface area contributed by atoms with Gasteiger partial charge in [0.05, 0.1) is 5.69 Å². The fourth-order valence-electron chi connectivity index (χ4n) is 2.24. The van der Waals surface area contributed by atoms with Gasteiger partial charge < -0.3 is 10.3 Å². The minimum Gasteiger partial charge on any atom is -0.323 e. The van der Waals surface area contributed by atoms with Gasteiger partial charge in [-0.15, -0.1) is 0 Å². The molecule has 0 unspecified atom stereocenters. The molecule has 0 aliphatic carbocycles. The van der Waals surface area contributed by atoms with E-state index in [1.54, 1.807) is 18.2 Å². The van der Waals surface area contributed by atoms with E-state index < -0.39 is 10.0 Å². The monoisotopic (exact) mass is 284 g/mol. The molecule has 1 aromatic carbocycles. The van der Waals surface area contributed by atoms with Crippen LogP contribution in [0.5, 0.6) is 0 Å². The molecule has 0 radical (unpaired) electrons. The third-order valence-electron chi connectivity index (χ3n) is 3.25. The quantitative estimate of drug-likeness (QED) is 0.518. The highest BCUT2D eigenvalue weighted by atomic mass is 32.2. The number of para-hydroxylation sites is 1. The number of nitrogen functional groups attached to an aromatic ring is 1. The normalized spacial score (nSPS) is 16.7. The van der Waals surface area contributed by atoms with Gasteiger partial charge >= 0.3 is 0 Å². The van der Waals surface area contributed by atoms with Crippen LogP contribution in [-0.2, 0) is 10.0 Å². The third-order valence-corrected chi connectivity index (χ3v) is 4.77. The zero-order chi connectivity index (χ0) is 13.7. The smallest absolute Gasteiger partial charge is 0.242 e. The van der Waals surface area contributed by atoms with Crippen LogP contribution in [0.2, 0.25) is 0 Å². The number of nitrogens with one attached hydrogen (secondary N) is 2. The fraction of sp³-hybridized carbons (Fsp3) is 0.500. The largest absolute Gasteiger partial charge is 0.323 e. The molecule has 1 heterocycles. The molecule has 4 N–H and O–H groups in total. The van der Waals surface area contributed by atoms with E-state index in [0.29, 0.717) is 12.2 Å². The minimum absolute atomic E-state index is 0.180. The molecule has 106 valence electrons. The summed E-state index contributed by atoms with van der Waals surface area (Å²) in [6.07, 6.45) is 2.40. The molecule has 0 spiro atoms. The van der Waals surface area contributed by atoms with Crippen molar-refractivity contribution in [2.45, 2.75) is 17.7 Å². The number of hydrogen-bond acceptors (Lipinski definition) is 5. The summed E-state index contributed by atoms with van der Waals surface area (Å²) in [5, 5.41) is 0. The molecule has 2 rings (SSSR count). The van der Waals surface area contributed by atoms with Gasteiger partial charge in [0.15, 0.2) is 0 Å². The third kappa shape index (κ3) is 3.66. The first-order valence-electron chi connectivity index (χ1n) is 6.41. The Labute approximate surface area is 114 Å². The lowest BCUT2D eigenvalue weighted by atomic mass is 10.3. The van der Waals surface area contributed by atoms with E-state index in [4.69, 9.17) is 5.84 Å². The Morgan fingerprint density at radius 3 is 2.58 bits per heavy atom. The predicted molar refractivity (Wildman–Crippen MR) is 75.1 cm³/mol. The number of anilines is 1. The first kappa shape index (κ1) is 14.3. The summed E-state index contributed by atoms with van der Waals surface area (Å²) in [5.74, 6) is 5.33. The van der Waals surface area contributed by atoms with Crippen LogP contribution >= 0.6 is 0 Å². The van der Waals surface area contributed by atoms with Gasteiger partial charge in [0.25, 0.3) is 0 Å². The van der Waals surface area contributed by atoms with Crippen LogP contribution in [0.3, 0.4) is 0 Å². The van der Waals surface area contributed by atoms with Crippen molar-refractivity contribution in [3.63, 3.8) is 0 Å². The van der Waals surface area contributed by atoms with Crippen LogP contribution in [0.25, 0.3) is 0 Å². The summed E-state index contributed by atoms with van der Waals surface area (Å²) in [5.41, 5.74) is 2.80. The zero-order valence-electron chi connectivity index (χ0n) is 10.8. The van der Waals surface area contributed by atoms with Gasteiger partial charge in [0.1, 0.15) is 4.90 Å². The topological polar surface area (TPSA) is 87.5 Å². The van der Waals surface area contributed by atoms with Crippen molar-refractivity contribution in [2.75, 3.05) is 31.6 Å². The summed E-state index contributed by atoms with van der Waals surface area (Å²) >= 11 is 0. The van der Waals surface area contributed by atoms with Crippen LogP contribution in [0.4, 0.5) is 5.69 Å². The maximum atomic E-state index is 12.2. The molecule has 1 aliphatic heterocycles. The van der Waals surface area contributed by atoms with Crippen LogP contribution in [0.15, 0.2) is 29.2 Å². The van der Waals surface area contributed by atoms with Gasteiger partial charge in [0, 0.05) is 13.1 Å². The molecular formula is C12H20N4O2S. The van der Waals surface area contributed by atoms with Crippen molar-refractivity contribution in [1.82, 2.24) is 9.62 Å². The van der Waals surface area contributed by atoms with Crippen molar-refractivity contribution in [1.29, 1.82) is 0 Å². The number of benzene rings is 1. The predicted octanol–water partition coefficient (Wildman–Crippen LogP) is 0.346. The number of rotatable bonds is 6. The van der Waals surface area contributed by atoms with Crippen LogP contribution in [0, 0.1) is 0 Å². The number of hydrogen-bond donors (Lipinski definition) is 3. The zero-order valence-corrected chi connectivity index (χ0v) is 11.6. The molecule has 0 atom stereocenters. The average Bonchev–Trinajstić information content (AvgIpc) is 2.91. The number of sulfonamides is 1. The Hall–Kier alpha value is -1.15. The second-order valence-corrected chi connectivity index (χ2v) is 6.32. The van der Waals surface area contributed by atoms with E-state index in [2.05, 4.69) is 15.0 Å². The van der Waals surface area contributed by atoms with E-state index in [-0.39, 0.29) is 4.90 Å². The second kappa shape index (κ2) is 6.33. The average molecular weight is 284 g/mol. The lowest BCUT2D eigenvalue weighted by Gasteiger charge is -2.15. The van der Waals surface area contributed by atoms with Crippen molar-refractivity contribution in [2.24, 2.45) is 5.84 Å². The highest BCUT2D eigenvalue weighted by Crippen LogP contribution is 2.19. The minimum atomic E-state index is -3.51. The van der Waals surface area contributed by atoms with Crippen molar-refractivity contribution in [3.8, 4) is 0 Å². The highest BCUT2D eigenvalue weighted by molar-refractivity contribution is 7.89. The van der Waals surface area contributed by atoms with Crippen LogP contribution < -0.4 is 16.0 Å². The van der Waals surface area contributed by atoms with Gasteiger partial charge in [-0.3, -0.25) is 5.84 Å². The number of likely N-dealkylation sites (tertiary alicyclic amines) is 1. The lowest BCUT2D eigenvalue weighted by Crippen LogP contribution is -2.33. The molecule has 1 saturated heterocycles. The maximum Gasteiger partial charge on any atom is 0.242 e. The summed E-state index contributed by atoms with van der Waals surface area (Å²) in [4.78, 5) is 2.44. The standard InChI is InChI=1S/C12H20N4O2S/c13-15-11-5-1-2-6-12(11)19(17,18)14-7-10-16-8-3-4-9-16/h1-2,5-6,14-15H,3-4,7-10,13H2. The van der Waals surface area contributed by atoms with E-state index >= 15 is 0 Å². The van der Waals surface area contributed by atoms with Crippen LogP contribution in [0.1, 0.15) is 12.8 Å². The highest BCUT2D eigenvalue weighted by Gasteiger charge is 2.18. The molecule has 7 heteroatoms. The second-order valence-electron chi connectivity index (χ2n) is 4.59. The molecular weight excluding hydrogens is 264 g/mol. The lowest BCUT2D eigenvalue weighted by molar-refractivity contribution is 0.344.